The maximum atomic E-state index is 6.10. The molecule has 3 heterocycles. The van der Waals surface area contributed by atoms with Crippen LogP contribution in [0.2, 0.25) is 0 Å². The van der Waals surface area contributed by atoms with Crippen LogP contribution in [-0.2, 0) is 0 Å². The van der Waals surface area contributed by atoms with Gasteiger partial charge in [0.25, 0.3) is 0 Å². The molecule has 180 valence electrons. The van der Waals surface area contributed by atoms with Crippen molar-refractivity contribution in [2.75, 3.05) is 50.0 Å². The lowest BCUT2D eigenvalue weighted by atomic mass is 10.00. The molecule has 2 aromatic heterocycles. The van der Waals surface area contributed by atoms with Crippen LogP contribution < -0.4 is 15.0 Å². The number of aromatic nitrogens is 3. The number of likely N-dealkylation sites (N-methyl/N-ethyl adjacent to an activating group) is 1. The first-order valence-corrected chi connectivity index (χ1v) is 11.9. The molecule has 0 amide bonds. The quantitative estimate of drug-likeness (QED) is 0.521. The Morgan fingerprint density at radius 2 is 1.82 bits per heavy atom. The normalized spacial score (nSPS) is 17.1. The highest BCUT2D eigenvalue weighted by Crippen LogP contribution is 2.32. The molecule has 8 heteroatoms. The number of hydrogen-bond donors (Lipinski definition) is 1. The number of hydrogen-bond acceptors (Lipinski definition) is 7. The third kappa shape index (κ3) is 5.98. The fourth-order valence-electron chi connectivity index (χ4n) is 4.10. The zero-order valence-electron chi connectivity index (χ0n) is 19.9. The minimum Gasteiger partial charge on any atom is -0.490 e. The van der Waals surface area contributed by atoms with E-state index in [0.717, 1.165) is 74.2 Å². The molecular weight excluding hydrogens is 444 g/mol. The highest BCUT2D eigenvalue weighted by Gasteiger charge is 2.25. The van der Waals surface area contributed by atoms with E-state index in [1.807, 2.05) is 18.3 Å². The van der Waals surface area contributed by atoms with Gasteiger partial charge in [-0.2, -0.15) is 13.5 Å². The number of piperazine rings is 1. The maximum Gasteiger partial charge on any atom is 0.129 e. The number of rotatable bonds is 8. The minimum atomic E-state index is 0. The third-order valence-electron chi connectivity index (χ3n) is 6.40. The van der Waals surface area contributed by atoms with Crippen molar-refractivity contribution in [3.05, 3.63) is 60.6 Å². The van der Waals surface area contributed by atoms with Crippen LogP contribution in [0.15, 0.2) is 55.0 Å². The summed E-state index contributed by atoms with van der Waals surface area (Å²) in [5.41, 5.74) is 3.10. The molecule has 1 N–H and O–H groups in total. The van der Waals surface area contributed by atoms with E-state index in [4.69, 9.17) is 9.72 Å². The molecule has 2 aliphatic rings. The second-order valence-corrected chi connectivity index (χ2v) is 9.12. The number of ether oxygens (including phenoxy) is 1. The first-order valence-electron chi connectivity index (χ1n) is 11.9. The van der Waals surface area contributed by atoms with Crippen molar-refractivity contribution in [1.29, 1.82) is 0 Å². The molecule has 5 rings (SSSR count). The highest BCUT2D eigenvalue weighted by atomic mass is 32.1. The Hall–Kier alpha value is -2.84. The van der Waals surface area contributed by atoms with Crippen LogP contribution in [0.1, 0.15) is 31.2 Å². The van der Waals surface area contributed by atoms with Crippen molar-refractivity contribution in [2.24, 2.45) is 0 Å². The molecule has 0 bridgehead atoms. The number of anilines is 2. The molecule has 1 atom stereocenters. The molecule has 34 heavy (non-hydrogen) atoms. The Bertz CT molecular complexity index is 1070. The Morgan fingerprint density at radius 1 is 1.03 bits per heavy atom. The predicted octanol–water partition coefficient (Wildman–Crippen LogP) is 4.16. The van der Waals surface area contributed by atoms with Gasteiger partial charge in [0.05, 0.1) is 11.8 Å². The Balaban J connectivity index is 0.00000274. The van der Waals surface area contributed by atoms with E-state index < -0.39 is 0 Å². The van der Waals surface area contributed by atoms with Crippen LogP contribution >= 0.6 is 13.5 Å². The average Bonchev–Trinajstić information content (AvgIpc) is 3.68. The molecule has 0 unspecified atom stereocenters. The van der Waals surface area contributed by atoms with Crippen LogP contribution in [0.5, 0.6) is 5.75 Å². The SMILES string of the molecule is C[C@H](CNc1cc(-c2ccc(N3CCN(C)CC3)nc2)ncn1)c1ccccc1OC1CC1.S. The summed E-state index contributed by atoms with van der Waals surface area (Å²) in [5, 5.41) is 3.48. The molecule has 0 radical (unpaired) electrons. The maximum absolute atomic E-state index is 6.10. The summed E-state index contributed by atoms with van der Waals surface area (Å²) in [4.78, 5) is 18.3. The van der Waals surface area contributed by atoms with E-state index in [9.17, 15) is 0 Å². The molecule has 1 aliphatic carbocycles. The van der Waals surface area contributed by atoms with Crippen LogP contribution in [0.25, 0.3) is 11.3 Å². The van der Waals surface area contributed by atoms with Gasteiger partial charge in [-0.1, -0.05) is 25.1 Å². The molecular formula is C26H34N6OS. The van der Waals surface area contributed by atoms with Crippen molar-refractivity contribution in [3.63, 3.8) is 0 Å². The smallest absolute Gasteiger partial charge is 0.129 e. The van der Waals surface area contributed by atoms with E-state index in [1.165, 1.54) is 5.56 Å². The van der Waals surface area contributed by atoms with Gasteiger partial charge in [-0.15, -0.1) is 0 Å². The van der Waals surface area contributed by atoms with Gasteiger partial charge in [0.2, 0.25) is 0 Å². The zero-order chi connectivity index (χ0) is 22.6. The molecule has 3 aromatic rings. The number of pyridine rings is 1. The number of benzene rings is 1. The Kier molecular flexibility index (Phi) is 7.90. The molecule has 7 nitrogen and oxygen atoms in total. The second-order valence-electron chi connectivity index (χ2n) is 9.12. The van der Waals surface area contributed by atoms with Crippen molar-refractivity contribution in [3.8, 4) is 17.0 Å². The van der Waals surface area contributed by atoms with Gasteiger partial charge in [-0.05, 0) is 43.7 Å². The average molecular weight is 479 g/mol. The van der Waals surface area contributed by atoms with E-state index in [-0.39, 0.29) is 13.5 Å². The predicted molar refractivity (Wildman–Crippen MR) is 142 cm³/mol. The van der Waals surface area contributed by atoms with Gasteiger partial charge in [-0.3, -0.25) is 0 Å². The third-order valence-corrected chi connectivity index (χ3v) is 6.40. The molecule has 2 fully saturated rings. The first kappa shape index (κ1) is 24.3. The zero-order valence-corrected chi connectivity index (χ0v) is 20.9. The fourth-order valence-corrected chi connectivity index (χ4v) is 4.10. The first-order chi connectivity index (χ1) is 16.2. The van der Waals surface area contributed by atoms with Crippen molar-refractivity contribution in [1.82, 2.24) is 19.9 Å². The summed E-state index contributed by atoms with van der Waals surface area (Å²) in [5.74, 6) is 3.14. The molecule has 1 saturated heterocycles. The lowest BCUT2D eigenvalue weighted by Crippen LogP contribution is -2.44. The highest BCUT2D eigenvalue weighted by molar-refractivity contribution is 7.59. The van der Waals surface area contributed by atoms with Gasteiger partial charge < -0.3 is 19.9 Å². The summed E-state index contributed by atoms with van der Waals surface area (Å²) in [6.45, 7) is 7.14. The van der Waals surface area contributed by atoms with Gasteiger partial charge in [-0.25, -0.2) is 15.0 Å². The van der Waals surface area contributed by atoms with Crippen molar-refractivity contribution < 1.29 is 4.74 Å². The summed E-state index contributed by atoms with van der Waals surface area (Å²) < 4.78 is 6.10. The summed E-state index contributed by atoms with van der Waals surface area (Å²) in [7, 11) is 2.16. The Labute approximate surface area is 209 Å². The lowest BCUT2D eigenvalue weighted by molar-refractivity contribution is 0.298. The molecule has 1 aliphatic heterocycles. The van der Waals surface area contributed by atoms with Crippen LogP contribution in [0.4, 0.5) is 11.6 Å². The molecule has 1 saturated carbocycles. The number of nitrogens with one attached hydrogen (secondary N) is 1. The van der Waals surface area contributed by atoms with Crippen molar-refractivity contribution in [2.45, 2.75) is 31.8 Å². The van der Waals surface area contributed by atoms with Gasteiger partial charge >= 0.3 is 0 Å². The van der Waals surface area contributed by atoms with Crippen molar-refractivity contribution >= 4 is 25.1 Å². The standard InChI is InChI=1S/C26H32N6O.H2S/c1-19(22-5-3-4-6-24(22)33-21-8-9-21)16-27-25-15-23(29-18-30-25)20-7-10-26(28-17-20)32-13-11-31(2)12-14-32;/h3-7,10,15,17-19,21H,8-9,11-14,16H2,1-2H3,(H,27,29,30);1H2/t19-;/m1./s1. The number of nitrogens with zero attached hydrogens (tertiary/aromatic N) is 5. The van der Waals surface area contributed by atoms with E-state index in [2.05, 4.69) is 69.4 Å². The second kappa shape index (κ2) is 11.1. The minimum absolute atomic E-state index is 0. The topological polar surface area (TPSA) is 66.4 Å². The fraction of sp³-hybridized carbons (Fsp3) is 0.423. The van der Waals surface area contributed by atoms with E-state index >= 15 is 0 Å². The summed E-state index contributed by atoms with van der Waals surface area (Å²) in [6, 6.07) is 14.5. The Morgan fingerprint density at radius 3 is 2.56 bits per heavy atom. The number of para-hydroxylation sites is 1. The van der Waals surface area contributed by atoms with E-state index in [0.29, 0.717) is 12.0 Å². The monoisotopic (exact) mass is 478 g/mol. The molecule has 1 aromatic carbocycles. The van der Waals surface area contributed by atoms with Crippen LogP contribution in [-0.4, -0.2) is 65.7 Å². The molecule has 0 spiro atoms. The van der Waals surface area contributed by atoms with Gasteiger partial charge in [0, 0.05) is 56.5 Å². The van der Waals surface area contributed by atoms with Gasteiger partial charge in [0.15, 0.2) is 0 Å². The van der Waals surface area contributed by atoms with Gasteiger partial charge in [0.1, 0.15) is 23.7 Å². The lowest BCUT2D eigenvalue weighted by Gasteiger charge is -2.33. The largest absolute Gasteiger partial charge is 0.490 e. The summed E-state index contributed by atoms with van der Waals surface area (Å²) >= 11 is 0. The van der Waals surface area contributed by atoms with Crippen LogP contribution in [0, 0.1) is 0 Å². The van der Waals surface area contributed by atoms with Crippen LogP contribution in [0.3, 0.4) is 0 Å². The van der Waals surface area contributed by atoms with E-state index in [1.54, 1.807) is 6.33 Å². The summed E-state index contributed by atoms with van der Waals surface area (Å²) in [6.07, 6.45) is 6.24.